The van der Waals surface area contributed by atoms with Crippen LogP contribution in [0.4, 0.5) is 4.39 Å². The molecule has 0 aliphatic heterocycles. The molecule has 5 nitrogen and oxygen atoms in total. The van der Waals surface area contributed by atoms with Gasteiger partial charge in [0.2, 0.25) is 5.91 Å². The van der Waals surface area contributed by atoms with Crippen LogP contribution in [0.25, 0.3) is 0 Å². The number of para-hydroxylation sites is 1. The van der Waals surface area contributed by atoms with E-state index in [1.54, 1.807) is 31.3 Å². The quantitative estimate of drug-likeness (QED) is 0.799. The van der Waals surface area contributed by atoms with Crippen LogP contribution in [0.15, 0.2) is 48.5 Å². The van der Waals surface area contributed by atoms with Gasteiger partial charge < -0.3 is 14.7 Å². The monoisotopic (exact) mass is 345 g/mol. The van der Waals surface area contributed by atoms with E-state index in [2.05, 4.69) is 0 Å². The summed E-state index contributed by atoms with van der Waals surface area (Å²) in [6.07, 6.45) is 0.833. The number of likely N-dealkylation sites (N-methyl/N-ethyl adjacent to an activating group) is 1. The minimum Gasteiger partial charge on any atom is -0.489 e. The number of nitrogens with zero attached hydrogens (tertiary/aromatic N) is 1. The van der Waals surface area contributed by atoms with Gasteiger partial charge in [0.05, 0.1) is 12.1 Å². The molecule has 0 aromatic heterocycles. The number of aromatic carboxylic acids is 1. The lowest BCUT2D eigenvalue weighted by Gasteiger charge is -2.17. The molecule has 0 atom stereocenters. The van der Waals surface area contributed by atoms with Crippen molar-refractivity contribution in [2.24, 2.45) is 0 Å². The van der Waals surface area contributed by atoms with Crippen LogP contribution >= 0.6 is 0 Å². The Morgan fingerprint density at radius 3 is 2.44 bits per heavy atom. The van der Waals surface area contributed by atoms with Crippen LogP contribution in [-0.2, 0) is 11.2 Å². The average Bonchev–Trinajstić information content (AvgIpc) is 2.61. The van der Waals surface area contributed by atoms with Gasteiger partial charge in [-0.25, -0.2) is 9.18 Å². The van der Waals surface area contributed by atoms with Crippen LogP contribution in [0.3, 0.4) is 0 Å². The SMILES string of the molecule is CN(CCOc1ccccc1F)C(=O)CCc1ccc(C(=O)O)cc1. The molecule has 0 aliphatic rings. The van der Waals surface area contributed by atoms with Crippen molar-refractivity contribution in [1.82, 2.24) is 4.90 Å². The van der Waals surface area contributed by atoms with Gasteiger partial charge in [-0.3, -0.25) is 4.79 Å². The normalized spacial score (nSPS) is 10.3. The molecule has 2 aromatic carbocycles. The molecule has 0 unspecified atom stereocenters. The minimum absolute atomic E-state index is 0.0561. The summed E-state index contributed by atoms with van der Waals surface area (Å²) >= 11 is 0. The van der Waals surface area contributed by atoms with Gasteiger partial charge in [0, 0.05) is 13.5 Å². The highest BCUT2D eigenvalue weighted by Crippen LogP contribution is 2.15. The average molecular weight is 345 g/mol. The van der Waals surface area contributed by atoms with Crippen LogP contribution in [0.5, 0.6) is 5.75 Å². The molecule has 0 spiro atoms. The summed E-state index contributed by atoms with van der Waals surface area (Å²) in [5.74, 6) is -1.29. The summed E-state index contributed by atoms with van der Waals surface area (Å²) in [6.45, 7) is 0.557. The minimum atomic E-state index is -0.975. The third-order valence-corrected chi connectivity index (χ3v) is 3.78. The van der Waals surface area contributed by atoms with E-state index in [0.717, 1.165) is 5.56 Å². The number of aryl methyl sites for hydroxylation is 1. The van der Waals surface area contributed by atoms with E-state index >= 15 is 0 Å². The lowest BCUT2D eigenvalue weighted by Crippen LogP contribution is -2.31. The van der Waals surface area contributed by atoms with E-state index < -0.39 is 11.8 Å². The lowest BCUT2D eigenvalue weighted by molar-refractivity contribution is -0.130. The zero-order chi connectivity index (χ0) is 18.2. The van der Waals surface area contributed by atoms with Gasteiger partial charge in [0.25, 0.3) is 0 Å². The van der Waals surface area contributed by atoms with Crippen molar-refractivity contribution in [3.63, 3.8) is 0 Å². The van der Waals surface area contributed by atoms with Crippen molar-refractivity contribution in [3.05, 3.63) is 65.5 Å². The fourth-order valence-corrected chi connectivity index (χ4v) is 2.24. The van der Waals surface area contributed by atoms with Crippen molar-refractivity contribution in [2.75, 3.05) is 20.2 Å². The fourth-order valence-electron chi connectivity index (χ4n) is 2.24. The number of hydrogen-bond acceptors (Lipinski definition) is 3. The Morgan fingerprint density at radius 1 is 1.12 bits per heavy atom. The first-order chi connectivity index (χ1) is 12.0. The highest BCUT2D eigenvalue weighted by atomic mass is 19.1. The summed E-state index contributed by atoms with van der Waals surface area (Å²) in [5, 5.41) is 8.85. The summed E-state index contributed by atoms with van der Waals surface area (Å²) in [7, 11) is 1.67. The summed E-state index contributed by atoms with van der Waals surface area (Å²) < 4.78 is 18.7. The van der Waals surface area contributed by atoms with Gasteiger partial charge in [-0.1, -0.05) is 24.3 Å². The van der Waals surface area contributed by atoms with E-state index in [1.165, 1.54) is 29.2 Å². The number of benzene rings is 2. The number of rotatable bonds is 8. The molecule has 0 saturated heterocycles. The molecule has 0 aliphatic carbocycles. The topological polar surface area (TPSA) is 66.8 Å². The number of hydrogen-bond donors (Lipinski definition) is 1. The first-order valence-corrected chi connectivity index (χ1v) is 7.91. The van der Waals surface area contributed by atoms with Crippen molar-refractivity contribution < 1.29 is 23.8 Å². The van der Waals surface area contributed by atoms with Crippen LogP contribution in [0.1, 0.15) is 22.3 Å². The van der Waals surface area contributed by atoms with E-state index in [-0.39, 0.29) is 23.8 Å². The smallest absolute Gasteiger partial charge is 0.335 e. The first kappa shape index (κ1) is 18.4. The zero-order valence-corrected chi connectivity index (χ0v) is 13.9. The number of carbonyl (C=O) groups is 2. The summed E-state index contributed by atoms with van der Waals surface area (Å²) in [4.78, 5) is 24.4. The highest BCUT2D eigenvalue weighted by Gasteiger charge is 2.10. The molecule has 1 amide bonds. The maximum Gasteiger partial charge on any atom is 0.335 e. The molecule has 2 rings (SSSR count). The van der Waals surface area contributed by atoms with E-state index in [1.807, 2.05) is 0 Å². The van der Waals surface area contributed by atoms with Gasteiger partial charge in [-0.15, -0.1) is 0 Å². The predicted molar refractivity (Wildman–Crippen MR) is 91.3 cm³/mol. The van der Waals surface area contributed by atoms with Crippen LogP contribution < -0.4 is 4.74 Å². The van der Waals surface area contributed by atoms with Gasteiger partial charge in [0.15, 0.2) is 11.6 Å². The molecule has 0 heterocycles. The largest absolute Gasteiger partial charge is 0.489 e. The molecule has 2 aromatic rings. The number of ether oxygens (including phenoxy) is 1. The van der Waals surface area contributed by atoms with E-state index in [0.29, 0.717) is 19.4 Å². The molecule has 25 heavy (non-hydrogen) atoms. The Labute approximate surface area is 145 Å². The number of carboxylic acid groups (broad SMARTS) is 1. The van der Waals surface area contributed by atoms with Crippen LogP contribution in [-0.4, -0.2) is 42.1 Å². The number of halogens is 1. The second-order valence-corrected chi connectivity index (χ2v) is 5.60. The maximum atomic E-state index is 13.4. The van der Waals surface area contributed by atoms with E-state index in [4.69, 9.17) is 9.84 Å². The number of carbonyl (C=O) groups excluding carboxylic acids is 1. The molecule has 0 radical (unpaired) electrons. The Hall–Kier alpha value is -2.89. The van der Waals surface area contributed by atoms with Gasteiger partial charge in [-0.05, 0) is 36.2 Å². The molecular weight excluding hydrogens is 325 g/mol. The first-order valence-electron chi connectivity index (χ1n) is 7.91. The van der Waals surface area contributed by atoms with Crippen LogP contribution in [0, 0.1) is 5.82 Å². The molecule has 132 valence electrons. The Bertz CT molecular complexity index is 730. The molecule has 0 bridgehead atoms. The van der Waals surface area contributed by atoms with Gasteiger partial charge in [-0.2, -0.15) is 0 Å². The molecule has 0 saturated carbocycles. The van der Waals surface area contributed by atoms with E-state index in [9.17, 15) is 14.0 Å². The number of carboxylic acids is 1. The molecular formula is C19H20FNO4. The second-order valence-electron chi connectivity index (χ2n) is 5.60. The summed E-state index contributed by atoms with van der Waals surface area (Å²) in [6, 6.07) is 12.6. The predicted octanol–water partition coefficient (Wildman–Crippen LogP) is 2.99. The van der Waals surface area contributed by atoms with Crippen molar-refractivity contribution >= 4 is 11.9 Å². The standard InChI is InChI=1S/C19H20FNO4/c1-21(12-13-25-17-5-3-2-4-16(17)20)18(22)11-8-14-6-9-15(10-7-14)19(23)24/h2-7,9-10H,8,11-13H2,1H3,(H,23,24). The Balaban J connectivity index is 1.74. The Morgan fingerprint density at radius 2 is 1.80 bits per heavy atom. The molecule has 1 N–H and O–H groups in total. The van der Waals surface area contributed by atoms with Gasteiger partial charge >= 0.3 is 5.97 Å². The third kappa shape index (κ3) is 5.60. The second kappa shape index (κ2) is 8.82. The van der Waals surface area contributed by atoms with Crippen LogP contribution in [0.2, 0.25) is 0 Å². The maximum absolute atomic E-state index is 13.4. The van der Waals surface area contributed by atoms with Crippen molar-refractivity contribution in [2.45, 2.75) is 12.8 Å². The zero-order valence-electron chi connectivity index (χ0n) is 13.9. The van der Waals surface area contributed by atoms with Crippen molar-refractivity contribution in [1.29, 1.82) is 0 Å². The fraction of sp³-hybridized carbons (Fsp3) is 0.263. The third-order valence-electron chi connectivity index (χ3n) is 3.78. The molecule has 0 fully saturated rings. The van der Waals surface area contributed by atoms with Crippen molar-refractivity contribution in [3.8, 4) is 5.75 Å². The number of amides is 1. The van der Waals surface area contributed by atoms with Gasteiger partial charge in [0.1, 0.15) is 6.61 Å². The molecule has 6 heteroatoms. The summed E-state index contributed by atoms with van der Waals surface area (Å²) in [5.41, 5.74) is 1.12. The lowest BCUT2D eigenvalue weighted by atomic mass is 10.1. The Kier molecular flexibility index (Phi) is 6.51. The highest BCUT2D eigenvalue weighted by molar-refractivity contribution is 5.87.